The molecule has 2 aromatic carbocycles. The molecule has 0 bridgehead atoms. The zero-order valence-electron chi connectivity index (χ0n) is 12.2. The minimum Gasteiger partial charge on any atom is -0.341 e. The Morgan fingerprint density at radius 3 is 2.36 bits per heavy atom. The van der Waals surface area contributed by atoms with E-state index in [2.05, 4.69) is 15.9 Å². The van der Waals surface area contributed by atoms with Gasteiger partial charge in [0.25, 0.3) is 0 Å². The molecule has 0 aliphatic carbocycles. The Hall–Kier alpha value is -1.75. The fourth-order valence-electron chi connectivity index (χ4n) is 2.16. The summed E-state index contributed by atoms with van der Waals surface area (Å²) in [5.41, 5.74) is 0.945. The number of halogens is 3. The zero-order chi connectivity index (χ0) is 16.1. The molecule has 0 N–H and O–H groups in total. The SMILES string of the molecule is CN(Cc1ccccc1Br)C(=O)CCc1c(F)cccc1F. The highest BCUT2D eigenvalue weighted by Gasteiger charge is 2.14. The molecule has 0 unspecified atom stereocenters. The maximum Gasteiger partial charge on any atom is 0.222 e. The van der Waals surface area contributed by atoms with Crippen molar-refractivity contribution in [3.05, 3.63) is 69.7 Å². The third kappa shape index (κ3) is 4.13. The second-order valence-corrected chi connectivity index (χ2v) is 5.90. The summed E-state index contributed by atoms with van der Waals surface area (Å²) in [5.74, 6) is -1.37. The maximum atomic E-state index is 13.5. The van der Waals surface area contributed by atoms with Gasteiger partial charge in [-0.3, -0.25) is 4.79 Å². The van der Waals surface area contributed by atoms with Gasteiger partial charge >= 0.3 is 0 Å². The molecule has 2 nitrogen and oxygen atoms in total. The molecule has 116 valence electrons. The minimum atomic E-state index is -0.610. The largest absolute Gasteiger partial charge is 0.341 e. The smallest absolute Gasteiger partial charge is 0.222 e. The standard InChI is InChI=1S/C17H16BrF2NO/c1-21(11-12-5-2-3-6-14(12)18)17(22)10-9-13-15(19)7-4-8-16(13)20/h2-8H,9-11H2,1H3. The number of carbonyl (C=O) groups is 1. The molecule has 0 fully saturated rings. The summed E-state index contributed by atoms with van der Waals surface area (Å²) in [6, 6.07) is 11.3. The average Bonchev–Trinajstić information content (AvgIpc) is 2.48. The lowest BCUT2D eigenvalue weighted by Crippen LogP contribution is -2.26. The number of nitrogens with zero attached hydrogens (tertiary/aromatic N) is 1. The second-order valence-electron chi connectivity index (χ2n) is 5.04. The molecular formula is C17H16BrF2NO. The van der Waals surface area contributed by atoms with E-state index in [1.165, 1.54) is 18.2 Å². The summed E-state index contributed by atoms with van der Waals surface area (Å²) in [6.07, 6.45) is 0.121. The average molecular weight is 368 g/mol. The molecule has 1 amide bonds. The Labute approximate surface area is 136 Å². The van der Waals surface area contributed by atoms with Crippen LogP contribution in [0.2, 0.25) is 0 Å². The molecule has 0 radical (unpaired) electrons. The van der Waals surface area contributed by atoms with Crippen LogP contribution in [0.1, 0.15) is 17.5 Å². The molecule has 2 aromatic rings. The van der Waals surface area contributed by atoms with Crippen molar-refractivity contribution in [2.75, 3.05) is 7.05 Å². The first-order valence-corrected chi connectivity index (χ1v) is 7.68. The Bertz CT molecular complexity index is 655. The highest BCUT2D eigenvalue weighted by Crippen LogP contribution is 2.18. The lowest BCUT2D eigenvalue weighted by Gasteiger charge is -2.18. The fraction of sp³-hybridized carbons (Fsp3) is 0.235. The fourth-order valence-corrected chi connectivity index (χ4v) is 2.57. The summed E-state index contributed by atoms with van der Waals surface area (Å²) >= 11 is 3.43. The van der Waals surface area contributed by atoms with E-state index in [0.717, 1.165) is 10.0 Å². The number of amides is 1. The van der Waals surface area contributed by atoms with Crippen LogP contribution in [-0.2, 0) is 17.8 Å². The molecular weight excluding hydrogens is 352 g/mol. The maximum absolute atomic E-state index is 13.5. The van der Waals surface area contributed by atoms with Gasteiger partial charge in [0, 0.05) is 30.0 Å². The van der Waals surface area contributed by atoms with Crippen LogP contribution in [0.5, 0.6) is 0 Å². The second kappa shape index (κ2) is 7.49. The predicted octanol–water partition coefficient (Wildman–Crippen LogP) is 4.32. The third-order valence-corrected chi connectivity index (χ3v) is 4.22. The number of benzene rings is 2. The van der Waals surface area contributed by atoms with Crippen LogP contribution in [0.25, 0.3) is 0 Å². The van der Waals surface area contributed by atoms with E-state index in [-0.39, 0.29) is 24.3 Å². The molecule has 0 saturated carbocycles. The van der Waals surface area contributed by atoms with Gasteiger partial charge in [0.2, 0.25) is 5.91 Å². The van der Waals surface area contributed by atoms with E-state index in [9.17, 15) is 13.6 Å². The quantitative estimate of drug-likeness (QED) is 0.770. The van der Waals surface area contributed by atoms with Crippen molar-refractivity contribution in [3.8, 4) is 0 Å². The van der Waals surface area contributed by atoms with E-state index in [1.807, 2.05) is 24.3 Å². The van der Waals surface area contributed by atoms with E-state index in [0.29, 0.717) is 6.54 Å². The summed E-state index contributed by atoms with van der Waals surface area (Å²) < 4.78 is 28.0. The lowest BCUT2D eigenvalue weighted by molar-refractivity contribution is -0.130. The van der Waals surface area contributed by atoms with Crippen molar-refractivity contribution in [2.24, 2.45) is 0 Å². The topological polar surface area (TPSA) is 20.3 Å². The van der Waals surface area contributed by atoms with Gasteiger partial charge in [0.1, 0.15) is 11.6 Å². The van der Waals surface area contributed by atoms with E-state index >= 15 is 0 Å². The molecule has 0 aromatic heterocycles. The van der Waals surface area contributed by atoms with E-state index in [4.69, 9.17) is 0 Å². The first-order valence-electron chi connectivity index (χ1n) is 6.89. The van der Waals surface area contributed by atoms with Crippen molar-refractivity contribution < 1.29 is 13.6 Å². The highest BCUT2D eigenvalue weighted by molar-refractivity contribution is 9.10. The predicted molar refractivity (Wildman–Crippen MR) is 85.3 cm³/mol. The van der Waals surface area contributed by atoms with Gasteiger partial charge in [-0.25, -0.2) is 8.78 Å². The van der Waals surface area contributed by atoms with Crippen molar-refractivity contribution in [1.82, 2.24) is 4.90 Å². The van der Waals surface area contributed by atoms with Crippen LogP contribution < -0.4 is 0 Å². The molecule has 2 rings (SSSR count). The number of hydrogen-bond donors (Lipinski definition) is 0. The normalized spacial score (nSPS) is 10.5. The van der Waals surface area contributed by atoms with Crippen LogP contribution in [0.4, 0.5) is 8.78 Å². The van der Waals surface area contributed by atoms with Gasteiger partial charge in [-0.2, -0.15) is 0 Å². The van der Waals surface area contributed by atoms with Gasteiger partial charge in [-0.15, -0.1) is 0 Å². The Morgan fingerprint density at radius 1 is 1.09 bits per heavy atom. The van der Waals surface area contributed by atoms with Crippen LogP contribution in [0.15, 0.2) is 46.9 Å². The van der Waals surface area contributed by atoms with Crippen molar-refractivity contribution >= 4 is 21.8 Å². The first-order chi connectivity index (χ1) is 10.5. The monoisotopic (exact) mass is 367 g/mol. The van der Waals surface area contributed by atoms with Gasteiger partial charge in [0.05, 0.1) is 0 Å². The molecule has 0 saturated heterocycles. The van der Waals surface area contributed by atoms with Gasteiger partial charge in [-0.1, -0.05) is 40.2 Å². The van der Waals surface area contributed by atoms with E-state index in [1.54, 1.807) is 11.9 Å². The zero-order valence-corrected chi connectivity index (χ0v) is 13.7. The Balaban J connectivity index is 1.96. The van der Waals surface area contributed by atoms with E-state index < -0.39 is 11.6 Å². The van der Waals surface area contributed by atoms with Crippen LogP contribution in [-0.4, -0.2) is 17.9 Å². The van der Waals surface area contributed by atoms with Crippen molar-refractivity contribution in [2.45, 2.75) is 19.4 Å². The summed E-state index contributed by atoms with van der Waals surface area (Å²) in [6.45, 7) is 0.444. The van der Waals surface area contributed by atoms with Crippen LogP contribution in [0.3, 0.4) is 0 Å². The number of carbonyl (C=O) groups excluding carboxylic acids is 1. The van der Waals surface area contributed by atoms with Gasteiger partial charge < -0.3 is 4.90 Å². The lowest BCUT2D eigenvalue weighted by atomic mass is 10.1. The van der Waals surface area contributed by atoms with Gasteiger partial charge in [0.15, 0.2) is 0 Å². The molecule has 0 aliphatic rings. The highest BCUT2D eigenvalue weighted by atomic mass is 79.9. The van der Waals surface area contributed by atoms with Crippen molar-refractivity contribution in [1.29, 1.82) is 0 Å². The first kappa shape index (κ1) is 16.6. The molecule has 5 heteroatoms. The van der Waals surface area contributed by atoms with Gasteiger partial charge in [-0.05, 0) is 30.2 Å². The molecule has 0 atom stereocenters. The minimum absolute atomic E-state index is 0.0369. The molecule has 22 heavy (non-hydrogen) atoms. The summed E-state index contributed by atoms with van der Waals surface area (Å²) in [5, 5.41) is 0. The summed E-state index contributed by atoms with van der Waals surface area (Å²) in [7, 11) is 1.68. The molecule has 0 aliphatic heterocycles. The Morgan fingerprint density at radius 2 is 1.73 bits per heavy atom. The Kier molecular flexibility index (Phi) is 5.66. The number of rotatable bonds is 5. The molecule has 0 spiro atoms. The number of hydrogen-bond acceptors (Lipinski definition) is 1. The van der Waals surface area contributed by atoms with Crippen molar-refractivity contribution in [3.63, 3.8) is 0 Å². The summed E-state index contributed by atoms with van der Waals surface area (Å²) in [4.78, 5) is 13.7. The third-order valence-electron chi connectivity index (χ3n) is 3.44. The molecule has 0 heterocycles. The van der Waals surface area contributed by atoms with Crippen LogP contribution in [0, 0.1) is 11.6 Å². The van der Waals surface area contributed by atoms with Crippen LogP contribution >= 0.6 is 15.9 Å².